The molecule has 0 atom stereocenters. The first-order valence-electron chi connectivity index (χ1n) is 6.36. The van der Waals surface area contributed by atoms with Crippen molar-refractivity contribution in [2.24, 2.45) is 0 Å². The second-order valence-corrected chi connectivity index (χ2v) is 6.61. The number of hydrogen-bond acceptors (Lipinski definition) is 2. The number of nitrogens with one attached hydrogen (secondary N) is 1. The molecule has 0 fully saturated rings. The fourth-order valence-electron chi connectivity index (χ4n) is 2.51. The maximum atomic E-state index is 3.56. The molecule has 1 nitrogen and oxygen atoms in total. The van der Waals surface area contributed by atoms with E-state index >= 15 is 0 Å². The van der Waals surface area contributed by atoms with Crippen molar-refractivity contribution in [1.29, 1.82) is 0 Å². The highest BCUT2D eigenvalue weighted by atomic mass is 79.9. The number of benzene rings is 1. The van der Waals surface area contributed by atoms with Gasteiger partial charge in [0, 0.05) is 22.4 Å². The van der Waals surface area contributed by atoms with Gasteiger partial charge in [-0.2, -0.15) is 0 Å². The van der Waals surface area contributed by atoms with Gasteiger partial charge in [0.05, 0.1) is 0 Å². The van der Waals surface area contributed by atoms with E-state index in [9.17, 15) is 0 Å². The maximum absolute atomic E-state index is 3.56. The summed E-state index contributed by atoms with van der Waals surface area (Å²) in [6, 6.07) is 9.05. The second-order valence-electron chi connectivity index (χ2n) is 4.75. The van der Waals surface area contributed by atoms with Gasteiger partial charge >= 0.3 is 0 Å². The average molecular weight is 322 g/mol. The third-order valence-electron chi connectivity index (χ3n) is 3.47. The fraction of sp³-hybridized carbons (Fsp3) is 0.333. The van der Waals surface area contributed by atoms with Crippen LogP contribution in [0.5, 0.6) is 0 Å². The van der Waals surface area contributed by atoms with Crippen LogP contribution in [0.4, 0.5) is 0 Å². The highest BCUT2D eigenvalue weighted by molar-refractivity contribution is 9.10. The third-order valence-corrected chi connectivity index (χ3v) is 5.39. The Hall–Kier alpha value is -0.640. The number of halogens is 1. The molecule has 1 aliphatic rings. The van der Waals surface area contributed by atoms with Crippen molar-refractivity contribution >= 4 is 27.3 Å². The molecule has 18 heavy (non-hydrogen) atoms. The number of thiophene rings is 1. The van der Waals surface area contributed by atoms with Crippen molar-refractivity contribution in [3.05, 3.63) is 55.7 Å². The number of rotatable bonds is 4. The van der Waals surface area contributed by atoms with Crippen LogP contribution < -0.4 is 5.32 Å². The molecule has 1 N–H and O–H groups in total. The zero-order chi connectivity index (χ0) is 12.4. The standard InChI is InChI=1S/C15H16BrNS/c16-14-6-7-18-15(14)10-17-9-11-4-5-12-2-1-3-13(12)8-11/h4-8,17H,1-3,9-10H2. The van der Waals surface area contributed by atoms with Crippen molar-refractivity contribution < 1.29 is 0 Å². The van der Waals surface area contributed by atoms with E-state index < -0.39 is 0 Å². The van der Waals surface area contributed by atoms with E-state index in [1.54, 1.807) is 22.5 Å². The smallest absolute Gasteiger partial charge is 0.0327 e. The Labute approximate surface area is 120 Å². The van der Waals surface area contributed by atoms with Crippen LogP contribution in [0.1, 0.15) is 28.0 Å². The first kappa shape index (κ1) is 12.4. The highest BCUT2D eigenvalue weighted by Crippen LogP contribution is 2.24. The van der Waals surface area contributed by atoms with Gasteiger partial charge in [0.25, 0.3) is 0 Å². The molecule has 0 saturated heterocycles. The van der Waals surface area contributed by atoms with E-state index in [4.69, 9.17) is 0 Å². The average Bonchev–Trinajstić information content (AvgIpc) is 2.98. The Bertz CT molecular complexity index is 547. The van der Waals surface area contributed by atoms with E-state index in [1.165, 1.54) is 34.2 Å². The zero-order valence-electron chi connectivity index (χ0n) is 10.2. The lowest BCUT2D eigenvalue weighted by atomic mass is 10.1. The second kappa shape index (κ2) is 5.55. The van der Waals surface area contributed by atoms with Crippen molar-refractivity contribution in [3.8, 4) is 0 Å². The molecule has 3 rings (SSSR count). The normalized spacial score (nSPS) is 13.8. The van der Waals surface area contributed by atoms with Crippen LogP contribution in [-0.4, -0.2) is 0 Å². The maximum Gasteiger partial charge on any atom is 0.0327 e. The molecule has 0 unspecified atom stereocenters. The lowest BCUT2D eigenvalue weighted by molar-refractivity contribution is 0.699. The SMILES string of the molecule is Brc1ccsc1CNCc1ccc2c(c1)CCC2. The van der Waals surface area contributed by atoms with Gasteiger partial charge < -0.3 is 5.32 Å². The van der Waals surface area contributed by atoms with Crippen LogP contribution >= 0.6 is 27.3 Å². The van der Waals surface area contributed by atoms with Crippen LogP contribution in [0.15, 0.2) is 34.1 Å². The first-order chi connectivity index (χ1) is 8.83. The van der Waals surface area contributed by atoms with Gasteiger partial charge in [-0.3, -0.25) is 0 Å². The molecule has 1 aliphatic carbocycles. The molecule has 1 heterocycles. The molecule has 0 spiro atoms. The minimum Gasteiger partial charge on any atom is -0.308 e. The van der Waals surface area contributed by atoms with Crippen molar-refractivity contribution in [2.75, 3.05) is 0 Å². The summed E-state index contributed by atoms with van der Waals surface area (Å²) < 4.78 is 1.22. The van der Waals surface area contributed by atoms with Crippen LogP contribution in [0.2, 0.25) is 0 Å². The lowest BCUT2D eigenvalue weighted by Gasteiger charge is -2.06. The van der Waals surface area contributed by atoms with Crippen molar-refractivity contribution in [3.63, 3.8) is 0 Å². The fourth-order valence-corrected chi connectivity index (χ4v) is 3.97. The Morgan fingerprint density at radius 2 is 2.00 bits per heavy atom. The molecule has 0 amide bonds. The molecular formula is C15H16BrNS. The van der Waals surface area contributed by atoms with E-state index in [2.05, 4.69) is 50.9 Å². The van der Waals surface area contributed by atoms with Gasteiger partial charge in [0.1, 0.15) is 0 Å². The Morgan fingerprint density at radius 3 is 2.83 bits per heavy atom. The Balaban J connectivity index is 1.59. The molecule has 0 radical (unpaired) electrons. The quantitative estimate of drug-likeness (QED) is 0.885. The zero-order valence-corrected chi connectivity index (χ0v) is 12.6. The predicted octanol–water partition coefficient (Wildman–Crippen LogP) is 4.29. The van der Waals surface area contributed by atoms with Gasteiger partial charge in [-0.25, -0.2) is 0 Å². The Kier molecular flexibility index (Phi) is 3.83. The molecule has 94 valence electrons. The van der Waals surface area contributed by atoms with Gasteiger partial charge in [-0.15, -0.1) is 11.3 Å². The molecule has 0 bridgehead atoms. The summed E-state index contributed by atoms with van der Waals surface area (Å²) in [4.78, 5) is 1.37. The summed E-state index contributed by atoms with van der Waals surface area (Å²) in [5.41, 5.74) is 4.52. The summed E-state index contributed by atoms with van der Waals surface area (Å²) >= 11 is 5.36. The lowest BCUT2D eigenvalue weighted by Crippen LogP contribution is -2.12. The molecular weight excluding hydrogens is 306 g/mol. The largest absolute Gasteiger partial charge is 0.308 e. The predicted molar refractivity (Wildman–Crippen MR) is 81.0 cm³/mol. The number of hydrogen-bond donors (Lipinski definition) is 1. The molecule has 2 aromatic rings. The van der Waals surface area contributed by atoms with E-state index in [-0.39, 0.29) is 0 Å². The number of fused-ring (bicyclic) bond motifs is 1. The molecule has 1 aromatic carbocycles. The van der Waals surface area contributed by atoms with Gasteiger partial charge in [0.15, 0.2) is 0 Å². The summed E-state index contributed by atoms with van der Waals surface area (Å²) in [5.74, 6) is 0. The van der Waals surface area contributed by atoms with Crippen LogP contribution in [0.3, 0.4) is 0 Å². The molecule has 0 aliphatic heterocycles. The van der Waals surface area contributed by atoms with Crippen LogP contribution in [0.25, 0.3) is 0 Å². The van der Waals surface area contributed by atoms with Crippen molar-refractivity contribution in [2.45, 2.75) is 32.4 Å². The first-order valence-corrected chi connectivity index (χ1v) is 8.03. The minimum atomic E-state index is 0.940. The molecule has 0 saturated carbocycles. The van der Waals surface area contributed by atoms with Crippen LogP contribution in [-0.2, 0) is 25.9 Å². The summed E-state index contributed by atoms with van der Waals surface area (Å²) in [5, 5.41) is 5.64. The Morgan fingerprint density at radius 1 is 1.11 bits per heavy atom. The third kappa shape index (κ3) is 2.68. The van der Waals surface area contributed by atoms with Gasteiger partial charge in [-0.1, -0.05) is 18.2 Å². The minimum absolute atomic E-state index is 0.940. The van der Waals surface area contributed by atoms with E-state index in [1.807, 2.05) is 0 Å². The molecule has 1 aromatic heterocycles. The van der Waals surface area contributed by atoms with E-state index in [0.717, 1.165) is 13.1 Å². The van der Waals surface area contributed by atoms with E-state index in [0.29, 0.717) is 0 Å². The molecule has 3 heteroatoms. The summed E-state index contributed by atoms with van der Waals surface area (Å²) in [7, 11) is 0. The van der Waals surface area contributed by atoms with Gasteiger partial charge in [0.2, 0.25) is 0 Å². The monoisotopic (exact) mass is 321 g/mol. The topological polar surface area (TPSA) is 12.0 Å². The van der Waals surface area contributed by atoms with Crippen LogP contribution in [0, 0.1) is 0 Å². The summed E-state index contributed by atoms with van der Waals surface area (Å²) in [6.07, 6.45) is 3.86. The van der Waals surface area contributed by atoms with Gasteiger partial charge in [-0.05, 0) is 63.3 Å². The van der Waals surface area contributed by atoms with Crippen molar-refractivity contribution in [1.82, 2.24) is 5.32 Å². The highest BCUT2D eigenvalue weighted by Gasteiger charge is 2.10. The summed E-state index contributed by atoms with van der Waals surface area (Å²) in [6.45, 7) is 1.90. The number of aryl methyl sites for hydroxylation is 2.